The first-order valence-electron chi connectivity index (χ1n) is 9.45. The smallest absolute Gasteiger partial charge is 0.303 e. The van der Waals surface area contributed by atoms with E-state index in [1.54, 1.807) is 0 Å². The second kappa shape index (κ2) is 12.5. The van der Waals surface area contributed by atoms with E-state index in [2.05, 4.69) is 0 Å². The molecule has 0 amide bonds. The summed E-state index contributed by atoms with van der Waals surface area (Å²) >= 11 is 1.14. The number of rotatable bonds is 9. The summed E-state index contributed by atoms with van der Waals surface area (Å²) in [6, 6.07) is 0. The molecule has 1 saturated heterocycles. The van der Waals surface area contributed by atoms with Crippen LogP contribution < -0.4 is 0 Å². The Kier molecular flexibility index (Phi) is 10.8. The molecule has 0 radical (unpaired) electrons. The summed E-state index contributed by atoms with van der Waals surface area (Å²) in [5.41, 5.74) is 0. The van der Waals surface area contributed by atoms with Crippen LogP contribution in [0.15, 0.2) is 0 Å². The summed E-state index contributed by atoms with van der Waals surface area (Å²) < 4.78 is 27.0. The number of thioether (sulfide) groups is 1. The maximum Gasteiger partial charge on any atom is 0.303 e. The highest BCUT2D eigenvalue weighted by atomic mass is 32.2. The Morgan fingerprint density at radius 2 is 1.23 bits per heavy atom. The number of carbonyl (C=O) groups excluding carboxylic acids is 5. The van der Waals surface area contributed by atoms with Crippen LogP contribution in [0.3, 0.4) is 0 Å². The van der Waals surface area contributed by atoms with Crippen molar-refractivity contribution in [3.05, 3.63) is 0 Å². The van der Waals surface area contributed by atoms with Crippen molar-refractivity contribution >= 4 is 40.8 Å². The van der Waals surface area contributed by atoms with Gasteiger partial charge >= 0.3 is 23.9 Å². The van der Waals surface area contributed by atoms with E-state index in [-0.39, 0.29) is 11.7 Å². The first-order chi connectivity index (χ1) is 14.0. The van der Waals surface area contributed by atoms with Gasteiger partial charge in [0.25, 0.3) is 0 Å². The molecular weight excluding hydrogens is 420 g/mol. The second-order valence-corrected chi connectivity index (χ2v) is 7.99. The number of ether oxygens (including phenoxy) is 5. The molecule has 5 atom stereocenters. The summed E-state index contributed by atoms with van der Waals surface area (Å²) in [7, 11) is 0. The van der Waals surface area contributed by atoms with E-state index >= 15 is 0 Å². The first-order valence-corrected chi connectivity index (χ1v) is 10.4. The first kappa shape index (κ1) is 25.9. The largest absolute Gasteiger partial charge is 0.463 e. The fourth-order valence-corrected chi connectivity index (χ4v) is 3.65. The molecule has 1 fully saturated rings. The molecule has 0 N–H and O–H groups in total. The maximum atomic E-state index is 11.7. The molecule has 11 heteroatoms. The van der Waals surface area contributed by atoms with Crippen LogP contribution in [0, 0.1) is 0 Å². The van der Waals surface area contributed by atoms with Crippen molar-refractivity contribution in [2.45, 2.75) is 78.0 Å². The van der Waals surface area contributed by atoms with Crippen molar-refractivity contribution in [2.24, 2.45) is 0 Å². The van der Waals surface area contributed by atoms with Gasteiger partial charge in [-0.2, -0.15) is 0 Å². The van der Waals surface area contributed by atoms with Gasteiger partial charge in [-0.15, -0.1) is 0 Å². The maximum absolute atomic E-state index is 11.7. The third kappa shape index (κ3) is 9.12. The number of esters is 4. The molecule has 1 aliphatic rings. The molecule has 0 aromatic heterocycles. The lowest BCUT2D eigenvalue weighted by Crippen LogP contribution is -2.62. The normalized spacial score (nSPS) is 25.7. The molecule has 0 bridgehead atoms. The minimum Gasteiger partial charge on any atom is -0.463 e. The molecule has 170 valence electrons. The van der Waals surface area contributed by atoms with Crippen molar-refractivity contribution < 1.29 is 47.7 Å². The van der Waals surface area contributed by atoms with Gasteiger partial charge in [-0.25, -0.2) is 0 Å². The lowest BCUT2D eigenvalue weighted by Gasteiger charge is -2.44. The standard InChI is InChI=1S/C19H28O10S/c1-10(20)25-9-16-18(27-12(3)22)19(28-13(4)23)17(26-11(2)21)15(29-16)7-6-8-30-14(5)24/h15-19H,6-9H2,1-5H3/t15-,16-,17+,18+,19-/m1/s1. The van der Waals surface area contributed by atoms with Gasteiger partial charge in [-0.3, -0.25) is 24.0 Å². The van der Waals surface area contributed by atoms with Crippen LogP contribution in [-0.4, -0.2) is 71.9 Å². The molecule has 10 nitrogen and oxygen atoms in total. The predicted molar refractivity (Wildman–Crippen MR) is 104 cm³/mol. The Balaban J connectivity index is 3.17. The van der Waals surface area contributed by atoms with Gasteiger partial charge in [0.05, 0.1) is 6.10 Å². The van der Waals surface area contributed by atoms with E-state index in [9.17, 15) is 24.0 Å². The highest BCUT2D eigenvalue weighted by Gasteiger charge is 2.51. The van der Waals surface area contributed by atoms with Crippen LogP contribution in [0.4, 0.5) is 0 Å². The molecule has 0 unspecified atom stereocenters. The van der Waals surface area contributed by atoms with E-state index in [1.165, 1.54) is 34.6 Å². The van der Waals surface area contributed by atoms with Crippen molar-refractivity contribution in [3.63, 3.8) is 0 Å². The summed E-state index contributed by atoms with van der Waals surface area (Å²) in [4.78, 5) is 57.5. The molecule has 1 aliphatic heterocycles. The van der Waals surface area contributed by atoms with Crippen molar-refractivity contribution in [1.29, 1.82) is 0 Å². The van der Waals surface area contributed by atoms with Crippen LogP contribution in [0.2, 0.25) is 0 Å². The lowest BCUT2D eigenvalue weighted by atomic mass is 9.92. The van der Waals surface area contributed by atoms with E-state index in [0.29, 0.717) is 18.6 Å². The highest BCUT2D eigenvalue weighted by Crippen LogP contribution is 2.31. The summed E-state index contributed by atoms with van der Waals surface area (Å²) in [6.07, 6.45) is -4.14. The predicted octanol–water partition coefficient (Wildman–Crippen LogP) is 1.17. The van der Waals surface area contributed by atoms with Gasteiger partial charge in [0, 0.05) is 40.4 Å². The molecule has 0 spiro atoms. The minimum absolute atomic E-state index is 0.0310. The zero-order valence-corrected chi connectivity index (χ0v) is 18.5. The average molecular weight is 448 g/mol. The summed E-state index contributed by atoms with van der Waals surface area (Å²) in [6.45, 7) is 5.95. The van der Waals surface area contributed by atoms with E-state index < -0.39 is 54.4 Å². The van der Waals surface area contributed by atoms with E-state index in [4.69, 9.17) is 23.7 Å². The molecule has 0 aliphatic carbocycles. The van der Waals surface area contributed by atoms with Crippen molar-refractivity contribution in [3.8, 4) is 0 Å². The Morgan fingerprint density at radius 3 is 1.70 bits per heavy atom. The van der Waals surface area contributed by atoms with Crippen LogP contribution in [0.5, 0.6) is 0 Å². The van der Waals surface area contributed by atoms with E-state index in [0.717, 1.165) is 11.8 Å². The van der Waals surface area contributed by atoms with Gasteiger partial charge < -0.3 is 23.7 Å². The monoisotopic (exact) mass is 448 g/mol. The molecule has 0 saturated carbocycles. The van der Waals surface area contributed by atoms with Crippen LogP contribution in [0.25, 0.3) is 0 Å². The molecule has 0 aromatic carbocycles. The van der Waals surface area contributed by atoms with Gasteiger partial charge in [0.1, 0.15) is 12.7 Å². The minimum atomic E-state index is -1.16. The SMILES string of the molecule is CC(=O)OC[C@H]1O[C@H](CCCSC(C)=O)[C@H](OC(C)=O)[C@@H](OC(C)=O)[C@H]1OC(C)=O. The van der Waals surface area contributed by atoms with Crippen LogP contribution >= 0.6 is 11.8 Å². The Morgan fingerprint density at radius 1 is 0.733 bits per heavy atom. The Bertz CT molecular complexity index is 649. The second-order valence-electron chi connectivity index (χ2n) is 6.72. The Labute approximate surface area is 179 Å². The molecule has 0 aromatic rings. The van der Waals surface area contributed by atoms with Crippen molar-refractivity contribution in [2.75, 3.05) is 12.4 Å². The summed E-state index contributed by atoms with van der Waals surface area (Å²) in [5.74, 6) is -2.04. The third-order valence-corrected chi connectivity index (χ3v) is 4.92. The average Bonchev–Trinajstić information content (AvgIpc) is 2.60. The highest BCUT2D eigenvalue weighted by molar-refractivity contribution is 8.13. The molecule has 1 heterocycles. The molecule has 1 rings (SSSR count). The fraction of sp³-hybridized carbons (Fsp3) is 0.737. The van der Waals surface area contributed by atoms with Crippen LogP contribution in [-0.2, 0) is 47.7 Å². The third-order valence-electron chi connectivity index (χ3n) is 4.03. The summed E-state index contributed by atoms with van der Waals surface area (Å²) in [5, 5.41) is -0.0310. The van der Waals surface area contributed by atoms with Gasteiger partial charge in [-0.1, -0.05) is 11.8 Å². The molecular formula is C19H28O10S. The Hall–Kier alpha value is -2.14. The lowest BCUT2D eigenvalue weighted by molar-refractivity contribution is -0.253. The zero-order chi connectivity index (χ0) is 22.8. The molecule has 30 heavy (non-hydrogen) atoms. The van der Waals surface area contributed by atoms with Crippen molar-refractivity contribution in [1.82, 2.24) is 0 Å². The van der Waals surface area contributed by atoms with Crippen LogP contribution in [0.1, 0.15) is 47.5 Å². The zero-order valence-electron chi connectivity index (χ0n) is 17.7. The van der Waals surface area contributed by atoms with Gasteiger partial charge in [0.2, 0.25) is 0 Å². The quantitative estimate of drug-likeness (QED) is 0.286. The topological polar surface area (TPSA) is 132 Å². The van der Waals surface area contributed by atoms with E-state index in [1.807, 2.05) is 0 Å². The van der Waals surface area contributed by atoms with Gasteiger partial charge in [0.15, 0.2) is 23.4 Å². The van der Waals surface area contributed by atoms with Gasteiger partial charge in [-0.05, 0) is 12.8 Å². The number of hydrogen-bond donors (Lipinski definition) is 0. The fourth-order valence-electron chi connectivity index (χ4n) is 3.05. The number of hydrogen-bond acceptors (Lipinski definition) is 11. The number of carbonyl (C=O) groups is 5.